The molecule has 6 nitrogen and oxygen atoms in total. The van der Waals surface area contributed by atoms with Crippen molar-refractivity contribution in [1.29, 1.82) is 0 Å². The van der Waals surface area contributed by atoms with Crippen LogP contribution in [0.25, 0.3) is 0 Å². The van der Waals surface area contributed by atoms with Crippen LogP contribution in [0, 0.1) is 0 Å². The molecule has 1 aliphatic heterocycles. The number of hydrogen-bond acceptors (Lipinski definition) is 3. The fourth-order valence-corrected chi connectivity index (χ4v) is 3.96. The molecule has 1 saturated heterocycles. The highest BCUT2D eigenvalue weighted by Gasteiger charge is 2.39. The van der Waals surface area contributed by atoms with E-state index in [-0.39, 0.29) is 6.54 Å². The first-order chi connectivity index (χ1) is 9.43. The smallest absolute Gasteiger partial charge is 0.282 e. The van der Waals surface area contributed by atoms with Crippen LogP contribution < -0.4 is 5.73 Å². The Morgan fingerprint density at radius 3 is 2.65 bits per heavy atom. The quantitative estimate of drug-likeness (QED) is 0.849. The van der Waals surface area contributed by atoms with Gasteiger partial charge in [-0.2, -0.15) is 17.0 Å². The number of amides is 1. The Morgan fingerprint density at radius 1 is 1.40 bits per heavy atom. The first kappa shape index (κ1) is 15.0. The van der Waals surface area contributed by atoms with Crippen LogP contribution in [0.15, 0.2) is 30.3 Å². The van der Waals surface area contributed by atoms with Crippen molar-refractivity contribution in [2.24, 2.45) is 5.73 Å². The Morgan fingerprint density at radius 2 is 2.05 bits per heavy atom. The molecule has 0 radical (unpaired) electrons. The minimum absolute atomic E-state index is 0.269. The van der Waals surface area contributed by atoms with Gasteiger partial charge in [0.05, 0.1) is 0 Å². The molecule has 1 amide bonds. The second-order valence-electron chi connectivity index (χ2n) is 4.92. The molecule has 1 aliphatic rings. The Labute approximate surface area is 119 Å². The molecule has 0 saturated carbocycles. The van der Waals surface area contributed by atoms with Gasteiger partial charge in [0.2, 0.25) is 5.91 Å². The van der Waals surface area contributed by atoms with Crippen LogP contribution >= 0.6 is 0 Å². The lowest BCUT2D eigenvalue weighted by molar-refractivity contribution is -0.121. The van der Waals surface area contributed by atoms with Crippen molar-refractivity contribution in [1.82, 2.24) is 8.61 Å². The van der Waals surface area contributed by atoms with Gasteiger partial charge in [-0.1, -0.05) is 30.3 Å². The van der Waals surface area contributed by atoms with Gasteiger partial charge in [0.1, 0.15) is 6.04 Å². The lowest BCUT2D eigenvalue weighted by Gasteiger charge is -2.27. The van der Waals surface area contributed by atoms with Crippen LogP contribution in [-0.2, 0) is 21.5 Å². The summed E-state index contributed by atoms with van der Waals surface area (Å²) in [5, 5.41) is 0. The summed E-state index contributed by atoms with van der Waals surface area (Å²) < 4.78 is 27.5. The van der Waals surface area contributed by atoms with Crippen molar-refractivity contribution in [2.75, 3.05) is 13.6 Å². The molecule has 2 rings (SSSR count). The first-order valence-electron chi connectivity index (χ1n) is 6.49. The third-order valence-electron chi connectivity index (χ3n) is 3.47. The van der Waals surface area contributed by atoms with E-state index in [1.807, 2.05) is 30.3 Å². The Balaban J connectivity index is 2.15. The molecule has 0 spiro atoms. The average Bonchev–Trinajstić information content (AvgIpc) is 2.89. The van der Waals surface area contributed by atoms with Gasteiger partial charge in [-0.05, 0) is 18.4 Å². The molecule has 0 unspecified atom stereocenters. The molecule has 2 N–H and O–H groups in total. The molecule has 0 aromatic heterocycles. The van der Waals surface area contributed by atoms with Crippen molar-refractivity contribution in [3.63, 3.8) is 0 Å². The van der Waals surface area contributed by atoms with Crippen molar-refractivity contribution >= 4 is 16.1 Å². The molecule has 20 heavy (non-hydrogen) atoms. The maximum Gasteiger partial charge on any atom is 0.282 e. The summed E-state index contributed by atoms with van der Waals surface area (Å²) in [5.74, 6) is -0.584. The molecule has 7 heteroatoms. The zero-order chi connectivity index (χ0) is 14.8. The lowest BCUT2D eigenvalue weighted by Crippen LogP contribution is -2.48. The molecular formula is C13H19N3O3S. The van der Waals surface area contributed by atoms with Crippen molar-refractivity contribution < 1.29 is 13.2 Å². The van der Waals surface area contributed by atoms with Gasteiger partial charge in [0.15, 0.2) is 0 Å². The number of nitrogens with zero attached hydrogens (tertiary/aromatic N) is 2. The first-order valence-corrected chi connectivity index (χ1v) is 7.89. The van der Waals surface area contributed by atoms with Crippen molar-refractivity contribution in [3.05, 3.63) is 35.9 Å². The van der Waals surface area contributed by atoms with E-state index in [1.165, 1.54) is 15.7 Å². The van der Waals surface area contributed by atoms with E-state index in [0.29, 0.717) is 19.4 Å². The van der Waals surface area contributed by atoms with Crippen LogP contribution in [0.1, 0.15) is 18.4 Å². The van der Waals surface area contributed by atoms with Gasteiger partial charge in [-0.25, -0.2) is 0 Å². The molecule has 1 aromatic carbocycles. The van der Waals surface area contributed by atoms with Crippen LogP contribution in [-0.4, -0.2) is 42.6 Å². The Hall–Kier alpha value is -1.44. The summed E-state index contributed by atoms with van der Waals surface area (Å²) in [4.78, 5) is 11.3. The van der Waals surface area contributed by atoms with E-state index in [2.05, 4.69) is 0 Å². The van der Waals surface area contributed by atoms with Crippen LogP contribution in [0.5, 0.6) is 0 Å². The highest BCUT2D eigenvalue weighted by Crippen LogP contribution is 2.23. The second-order valence-corrected chi connectivity index (χ2v) is 6.91. The number of nitrogens with two attached hydrogens (primary N) is 1. The predicted octanol–water partition coefficient (Wildman–Crippen LogP) is 0.313. The highest BCUT2D eigenvalue weighted by atomic mass is 32.2. The van der Waals surface area contributed by atoms with E-state index in [1.54, 1.807) is 0 Å². The fourth-order valence-electron chi connectivity index (χ4n) is 2.40. The van der Waals surface area contributed by atoms with E-state index >= 15 is 0 Å². The Bertz CT molecular complexity index is 574. The lowest BCUT2D eigenvalue weighted by atomic mass is 10.2. The van der Waals surface area contributed by atoms with Gasteiger partial charge < -0.3 is 5.73 Å². The molecule has 1 heterocycles. The van der Waals surface area contributed by atoms with Crippen molar-refractivity contribution in [2.45, 2.75) is 25.4 Å². The highest BCUT2D eigenvalue weighted by molar-refractivity contribution is 7.86. The summed E-state index contributed by atoms with van der Waals surface area (Å²) >= 11 is 0. The van der Waals surface area contributed by atoms with Gasteiger partial charge in [0, 0.05) is 20.1 Å². The zero-order valence-electron chi connectivity index (χ0n) is 11.4. The Kier molecular flexibility index (Phi) is 4.42. The van der Waals surface area contributed by atoms with Crippen LogP contribution in [0.2, 0.25) is 0 Å². The number of primary amides is 1. The summed E-state index contributed by atoms with van der Waals surface area (Å²) in [6, 6.07) is 8.60. The molecule has 0 aliphatic carbocycles. The second kappa shape index (κ2) is 5.90. The fraction of sp³-hybridized carbons (Fsp3) is 0.462. The number of hydrogen-bond donors (Lipinski definition) is 1. The van der Waals surface area contributed by atoms with Gasteiger partial charge in [0.25, 0.3) is 10.2 Å². The molecule has 1 atom stereocenters. The molecule has 1 aromatic rings. The number of rotatable bonds is 5. The third kappa shape index (κ3) is 3.00. The summed E-state index contributed by atoms with van der Waals surface area (Å²) in [6.45, 7) is 0.611. The number of carbonyl (C=O) groups is 1. The summed E-state index contributed by atoms with van der Waals surface area (Å²) in [6.07, 6.45) is 1.15. The maximum absolute atomic E-state index is 12.5. The SMILES string of the molecule is CN(Cc1ccccc1)S(=O)(=O)N1CCC[C@@H]1C(N)=O. The van der Waals surface area contributed by atoms with E-state index in [0.717, 1.165) is 5.56 Å². The van der Waals surface area contributed by atoms with Crippen LogP contribution in [0.4, 0.5) is 0 Å². The molecule has 0 bridgehead atoms. The van der Waals surface area contributed by atoms with E-state index in [4.69, 9.17) is 5.73 Å². The average molecular weight is 297 g/mol. The predicted molar refractivity (Wildman–Crippen MR) is 75.8 cm³/mol. The minimum atomic E-state index is -3.67. The van der Waals surface area contributed by atoms with E-state index in [9.17, 15) is 13.2 Å². The number of carbonyl (C=O) groups excluding carboxylic acids is 1. The zero-order valence-corrected chi connectivity index (χ0v) is 12.2. The molecule has 110 valence electrons. The van der Waals surface area contributed by atoms with Gasteiger partial charge >= 0.3 is 0 Å². The normalized spacial score (nSPS) is 20.4. The van der Waals surface area contributed by atoms with Gasteiger partial charge in [-0.15, -0.1) is 0 Å². The van der Waals surface area contributed by atoms with Crippen molar-refractivity contribution in [3.8, 4) is 0 Å². The molecule has 1 fully saturated rings. The molecular weight excluding hydrogens is 278 g/mol. The maximum atomic E-state index is 12.5. The monoisotopic (exact) mass is 297 g/mol. The van der Waals surface area contributed by atoms with Gasteiger partial charge in [-0.3, -0.25) is 4.79 Å². The third-order valence-corrected chi connectivity index (χ3v) is 5.42. The number of benzene rings is 1. The minimum Gasteiger partial charge on any atom is -0.368 e. The summed E-state index contributed by atoms with van der Waals surface area (Å²) in [7, 11) is -2.15. The summed E-state index contributed by atoms with van der Waals surface area (Å²) in [5.41, 5.74) is 6.17. The largest absolute Gasteiger partial charge is 0.368 e. The standard InChI is InChI=1S/C13H19N3O3S/c1-15(10-11-6-3-2-4-7-11)20(18,19)16-9-5-8-12(16)13(14)17/h2-4,6-7,12H,5,8-10H2,1H3,(H2,14,17)/t12-/m1/s1. The van der Waals surface area contributed by atoms with Crippen LogP contribution in [0.3, 0.4) is 0 Å². The van der Waals surface area contributed by atoms with E-state index < -0.39 is 22.2 Å². The topological polar surface area (TPSA) is 83.7 Å².